The van der Waals surface area contributed by atoms with Crippen molar-refractivity contribution in [1.29, 1.82) is 0 Å². The molecule has 3 heterocycles. The lowest BCUT2D eigenvalue weighted by atomic mass is 9.85. The predicted molar refractivity (Wildman–Crippen MR) is 88.1 cm³/mol. The first-order chi connectivity index (χ1) is 11.2. The number of hydrogen-bond acceptors (Lipinski definition) is 6. The Labute approximate surface area is 140 Å². The van der Waals surface area contributed by atoms with Gasteiger partial charge in [-0.15, -0.1) is 11.3 Å². The van der Waals surface area contributed by atoms with Crippen LogP contribution in [0, 0.1) is 5.41 Å². The van der Waals surface area contributed by atoms with Crippen LogP contribution >= 0.6 is 11.3 Å². The molecule has 1 spiro atoms. The number of nitrogens with zero attached hydrogens (tertiary/aromatic N) is 4. The predicted octanol–water partition coefficient (Wildman–Crippen LogP) is 1.54. The lowest BCUT2D eigenvalue weighted by molar-refractivity contribution is -0.143. The van der Waals surface area contributed by atoms with Crippen molar-refractivity contribution in [2.24, 2.45) is 5.41 Å². The Morgan fingerprint density at radius 1 is 1.13 bits per heavy atom. The molecule has 2 saturated heterocycles. The smallest absolute Gasteiger partial charge is 0.237 e. The normalized spacial score (nSPS) is 25.0. The molecule has 2 aliphatic heterocycles. The van der Waals surface area contributed by atoms with Crippen molar-refractivity contribution in [2.75, 3.05) is 37.7 Å². The van der Waals surface area contributed by atoms with E-state index in [1.807, 2.05) is 11.6 Å². The number of anilines is 1. The number of imide groups is 1. The van der Waals surface area contributed by atoms with Crippen molar-refractivity contribution in [3.63, 3.8) is 0 Å². The summed E-state index contributed by atoms with van der Waals surface area (Å²) in [5, 5.41) is 3.05. The molecule has 3 fully saturated rings. The second-order valence-corrected chi connectivity index (χ2v) is 7.73. The minimum atomic E-state index is -0.347. The molecule has 0 bridgehead atoms. The molecule has 1 aromatic rings. The van der Waals surface area contributed by atoms with E-state index >= 15 is 0 Å². The lowest BCUT2D eigenvalue weighted by Crippen LogP contribution is -2.51. The van der Waals surface area contributed by atoms with Crippen molar-refractivity contribution in [2.45, 2.75) is 32.1 Å². The van der Waals surface area contributed by atoms with E-state index in [0.717, 1.165) is 57.0 Å². The zero-order chi connectivity index (χ0) is 15.9. The molecule has 1 aromatic heterocycles. The maximum absolute atomic E-state index is 12.7. The number of amides is 2. The summed E-state index contributed by atoms with van der Waals surface area (Å²) in [6.07, 6.45) is 6.22. The van der Waals surface area contributed by atoms with E-state index in [1.54, 1.807) is 11.3 Å². The molecule has 0 radical (unpaired) electrons. The van der Waals surface area contributed by atoms with Gasteiger partial charge < -0.3 is 4.90 Å². The Bertz CT molecular complexity index is 589. The average molecular weight is 334 g/mol. The number of piperazine rings is 1. The zero-order valence-electron chi connectivity index (χ0n) is 13.2. The highest BCUT2D eigenvalue weighted by atomic mass is 32.1. The first kappa shape index (κ1) is 15.1. The molecule has 0 atom stereocenters. The van der Waals surface area contributed by atoms with E-state index in [-0.39, 0.29) is 17.2 Å². The van der Waals surface area contributed by atoms with E-state index in [2.05, 4.69) is 14.8 Å². The summed E-state index contributed by atoms with van der Waals surface area (Å²) in [5.41, 5.74) is -0.347. The van der Waals surface area contributed by atoms with Gasteiger partial charge in [0.25, 0.3) is 0 Å². The Balaban J connectivity index is 1.36. The summed E-state index contributed by atoms with van der Waals surface area (Å²) in [4.78, 5) is 35.4. The molecular formula is C16H22N4O2S. The third kappa shape index (κ3) is 2.65. The number of aromatic nitrogens is 1. The second-order valence-electron chi connectivity index (χ2n) is 6.85. The summed E-state index contributed by atoms with van der Waals surface area (Å²) >= 11 is 1.65. The van der Waals surface area contributed by atoms with Crippen LogP contribution in [0.15, 0.2) is 11.6 Å². The van der Waals surface area contributed by atoms with Crippen molar-refractivity contribution in [3.8, 4) is 0 Å². The number of likely N-dealkylation sites (tertiary alicyclic amines) is 1. The van der Waals surface area contributed by atoms with Crippen LogP contribution in [0.25, 0.3) is 0 Å². The first-order valence-corrected chi connectivity index (χ1v) is 9.28. The SMILES string of the molecule is O=C1CC2(CCCC2)C(=O)N1CN1CCN(c2nccs2)CC1. The number of hydrogen-bond donors (Lipinski definition) is 0. The van der Waals surface area contributed by atoms with Gasteiger partial charge in [0.15, 0.2) is 5.13 Å². The van der Waals surface area contributed by atoms with Crippen LogP contribution in [-0.2, 0) is 9.59 Å². The average Bonchev–Trinajstić information content (AvgIpc) is 3.28. The molecule has 23 heavy (non-hydrogen) atoms. The van der Waals surface area contributed by atoms with Crippen LogP contribution < -0.4 is 4.90 Å². The van der Waals surface area contributed by atoms with Gasteiger partial charge >= 0.3 is 0 Å². The van der Waals surface area contributed by atoms with Crippen LogP contribution in [0.2, 0.25) is 0 Å². The Morgan fingerprint density at radius 3 is 2.52 bits per heavy atom. The molecule has 1 saturated carbocycles. The van der Waals surface area contributed by atoms with Gasteiger partial charge in [-0.3, -0.25) is 19.4 Å². The molecule has 2 amide bonds. The summed E-state index contributed by atoms with van der Waals surface area (Å²) in [6, 6.07) is 0. The van der Waals surface area contributed by atoms with Gasteiger partial charge in [-0.25, -0.2) is 4.98 Å². The molecule has 3 aliphatic rings. The summed E-state index contributed by atoms with van der Waals surface area (Å²) in [7, 11) is 0. The minimum Gasteiger partial charge on any atom is -0.346 e. The standard InChI is InChI=1S/C16H22N4O2S/c21-13-11-16(3-1-2-4-16)14(22)20(13)12-18-6-8-19(9-7-18)15-17-5-10-23-15/h5,10H,1-4,6-9,11-12H2. The number of carbonyl (C=O) groups excluding carboxylic acids is 2. The van der Waals surface area contributed by atoms with Crippen molar-refractivity contribution >= 4 is 28.3 Å². The van der Waals surface area contributed by atoms with Crippen LogP contribution in [0.1, 0.15) is 32.1 Å². The summed E-state index contributed by atoms with van der Waals surface area (Å²) < 4.78 is 0. The van der Waals surface area contributed by atoms with Gasteiger partial charge in [0.1, 0.15) is 0 Å². The Kier molecular flexibility index (Phi) is 3.85. The van der Waals surface area contributed by atoms with E-state index in [9.17, 15) is 9.59 Å². The molecule has 0 aromatic carbocycles. The fourth-order valence-corrected chi connectivity index (χ4v) is 4.80. The summed E-state index contributed by atoms with van der Waals surface area (Å²) in [6.45, 7) is 3.99. The van der Waals surface area contributed by atoms with Crippen LogP contribution in [-0.4, -0.2) is 59.4 Å². The van der Waals surface area contributed by atoms with Crippen LogP contribution in [0.4, 0.5) is 5.13 Å². The highest BCUT2D eigenvalue weighted by Crippen LogP contribution is 2.46. The number of rotatable bonds is 3. The first-order valence-electron chi connectivity index (χ1n) is 8.40. The molecular weight excluding hydrogens is 312 g/mol. The van der Waals surface area contributed by atoms with Gasteiger partial charge in [-0.05, 0) is 12.8 Å². The monoisotopic (exact) mass is 334 g/mol. The fraction of sp³-hybridized carbons (Fsp3) is 0.688. The number of carbonyl (C=O) groups is 2. The molecule has 4 rings (SSSR count). The molecule has 1 aliphatic carbocycles. The largest absolute Gasteiger partial charge is 0.346 e. The Morgan fingerprint density at radius 2 is 1.87 bits per heavy atom. The van der Waals surface area contributed by atoms with Gasteiger partial charge in [0.2, 0.25) is 11.8 Å². The summed E-state index contributed by atoms with van der Waals surface area (Å²) in [5.74, 6) is 0.113. The van der Waals surface area contributed by atoms with Crippen LogP contribution in [0.5, 0.6) is 0 Å². The fourth-order valence-electron chi connectivity index (χ4n) is 4.10. The highest BCUT2D eigenvalue weighted by molar-refractivity contribution is 7.13. The Hall–Kier alpha value is -1.47. The lowest BCUT2D eigenvalue weighted by Gasteiger charge is -2.36. The molecule has 6 nitrogen and oxygen atoms in total. The van der Waals surface area contributed by atoms with Gasteiger partial charge in [0, 0.05) is 44.2 Å². The van der Waals surface area contributed by atoms with Crippen molar-refractivity contribution in [1.82, 2.24) is 14.8 Å². The van der Waals surface area contributed by atoms with E-state index in [0.29, 0.717) is 13.1 Å². The van der Waals surface area contributed by atoms with Crippen molar-refractivity contribution in [3.05, 3.63) is 11.6 Å². The topological polar surface area (TPSA) is 56.8 Å². The quantitative estimate of drug-likeness (QED) is 0.785. The second kappa shape index (κ2) is 5.87. The molecule has 7 heteroatoms. The van der Waals surface area contributed by atoms with Gasteiger partial charge in [0.05, 0.1) is 12.1 Å². The third-order valence-electron chi connectivity index (χ3n) is 5.45. The maximum atomic E-state index is 12.7. The molecule has 0 N–H and O–H groups in total. The zero-order valence-corrected chi connectivity index (χ0v) is 14.1. The molecule has 0 unspecified atom stereocenters. The number of thiazole rings is 1. The highest BCUT2D eigenvalue weighted by Gasteiger charge is 2.52. The van der Waals surface area contributed by atoms with E-state index < -0.39 is 0 Å². The minimum absolute atomic E-state index is 0.0271. The maximum Gasteiger partial charge on any atom is 0.237 e. The van der Waals surface area contributed by atoms with E-state index in [1.165, 1.54) is 4.90 Å². The third-order valence-corrected chi connectivity index (χ3v) is 6.29. The van der Waals surface area contributed by atoms with Gasteiger partial charge in [-0.1, -0.05) is 12.8 Å². The van der Waals surface area contributed by atoms with Gasteiger partial charge in [-0.2, -0.15) is 0 Å². The van der Waals surface area contributed by atoms with E-state index in [4.69, 9.17) is 0 Å². The molecule has 124 valence electrons. The van der Waals surface area contributed by atoms with Crippen LogP contribution in [0.3, 0.4) is 0 Å². The van der Waals surface area contributed by atoms with Crippen molar-refractivity contribution < 1.29 is 9.59 Å².